The minimum absolute atomic E-state index is 0.0396. The van der Waals surface area contributed by atoms with Crippen LogP contribution in [0.4, 0.5) is 0 Å². The van der Waals surface area contributed by atoms with Gasteiger partial charge >= 0.3 is 0 Å². The van der Waals surface area contributed by atoms with Crippen LogP contribution in [0.5, 0.6) is 0 Å². The fourth-order valence-corrected chi connectivity index (χ4v) is 1.03. The van der Waals surface area contributed by atoms with E-state index in [1.807, 2.05) is 20.1 Å². The molecule has 0 fully saturated rings. The molecule has 88 valence electrons. The van der Waals surface area contributed by atoms with Crippen molar-refractivity contribution < 1.29 is 9.59 Å². The molecule has 15 heavy (non-hydrogen) atoms. The summed E-state index contributed by atoms with van der Waals surface area (Å²) in [6, 6.07) is -0.847. The van der Waals surface area contributed by atoms with Crippen molar-refractivity contribution in [1.29, 1.82) is 0 Å². The molecule has 0 aromatic carbocycles. The highest BCUT2D eigenvalue weighted by Crippen LogP contribution is 2.19. The van der Waals surface area contributed by atoms with Gasteiger partial charge in [0.05, 0.1) is 12.5 Å². The largest absolute Gasteiger partial charge is 0.370 e. The lowest BCUT2D eigenvalue weighted by Gasteiger charge is -2.23. The monoisotopic (exact) mass is 233 g/mol. The predicted molar refractivity (Wildman–Crippen MR) is 62.4 cm³/mol. The molecular weight excluding hydrogens is 214 g/mol. The van der Waals surface area contributed by atoms with Crippen molar-refractivity contribution in [1.82, 2.24) is 5.32 Å². The number of hydrogen-bond donors (Lipinski definition) is 3. The number of carbonyl (C=O) groups excluding carboxylic acids is 2. The van der Waals surface area contributed by atoms with E-state index in [2.05, 4.69) is 5.32 Å². The number of hydrogen-bond acceptors (Lipinski definition) is 4. The minimum atomic E-state index is -0.847. The van der Waals surface area contributed by atoms with Crippen molar-refractivity contribution in [2.24, 2.45) is 11.5 Å². The number of rotatable bonds is 6. The first-order chi connectivity index (χ1) is 6.78. The van der Waals surface area contributed by atoms with Crippen LogP contribution in [0, 0.1) is 0 Å². The highest BCUT2D eigenvalue weighted by atomic mass is 32.2. The molecule has 0 aliphatic heterocycles. The van der Waals surface area contributed by atoms with E-state index in [0.717, 1.165) is 0 Å². The maximum Gasteiger partial charge on any atom is 0.237 e. The zero-order valence-electron chi connectivity index (χ0n) is 9.37. The lowest BCUT2D eigenvalue weighted by Crippen LogP contribution is -2.46. The second-order valence-electron chi connectivity index (χ2n) is 3.96. The third-order valence-corrected chi connectivity index (χ3v) is 3.25. The Hall–Kier alpha value is -0.750. The highest BCUT2D eigenvalue weighted by Gasteiger charge is 2.20. The SMILES string of the molecule is CSC(C)(C)CNC(=O)C(N)CC(N)=O. The van der Waals surface area contributed by atoms with Crippen LogP contribution in [-0.2, 0) is 9.59 Å². The summed E-state index contributed by atoms with van der Waals surface area (Å²) in [5.41, 5.74) is 10.4. The zero-order chi connectivity index (χ0) is 12.1. The molecule has 5 nitrogen and oxygen atoms in total. The van der Waals surface area contributed by atoms with Crippen LogP contribution < -0.4 is 16.8 Å². The van der Waals surface area contributed by atoms with Crippen molar-refractivity contribution in [2.45, 2.75) is 31.1 Å². The topological polar surface area (TPSA) is 98.2 Å². The van der Waals surface area contributed by atoms with Crippen LogP contribution in [0.1, 0.15) is 20.3 Å². The maximum absolute atomic E-state index is 11.4. The number of nitrogens with two attached hydrogens (primary N) is 2. The molecule has 0 aliphatic rings. The quantitative estimate of drug-likeness (QED) is 0.573. The first-order valence-electron chi connectivity index (χ1n) is 4.65. The fourth-order valence-electron chi connectivity index (χ4n) is 0.813. The number of primary amides is 1. The molecule has 0 spiro atoms. The van der Waals surface area contributed by atoms with Gasteiger partial charge in [-0.1, -0.05) is 0 Å². The molecule has 6 heteroatoms. The average Bonchev–Trinajstić information content (AvgIpc) is 2.13. The van der Waals surface area contributed by atoms with Crippen LogP contribution in [-0.4, -0.2) is 35.4 Å². The minimum Gasteiger partial charge on any atom is -0.370 e. The summed E-state index contributed by atoms with van der Waals surface area (Å²) in [6.45, 7) is 4.54. The molecule has 0 saturated carbocycles. The zero-order valence-corrected chi connectivity index (χ0v) is 10.2. The molecule has 1 unspecified atom stereocenters. The van der Waals surface area contributed by atoms with Gasteiger partial charge in [0.2, 0.25) is 11.8 Å². The Morgan fingerprint density at radius 3 is 2.40 bits per heavy atom. The standard InChI is InChI=1S/C9H19N3O2S/c1-9(2,15-3)5-12-8(14)6(10)4-7(11)13/h6H,4-5,10H2,1-3H3,(H2,11,13)(H,12,14). The Morgan fingerprint density at radius 2 is 2.00 bits per heavy atom. The molecule has 0 aromatic heterocycles. The first kappa shape index (κ1) is 14.2. The van der Waals surface area contributed by atoms with Gasteiger partial charge in [0, 0.05) is 11.3 Å². The van der Waals surface area contributed by atoms with Gasteiger partial charge in [-0.15, -0.1) is 0 Å². The number of nitrogens with one attached hydrogen (secondary N) is 1. The van der Waals surface area contributed by atoms with Gasteiger partial charge in [-0.05, 0) is 20.1 Å². The molecule has 0 saturated heterocycles. The third-order valence-electron chi connectivity index (χ3n) is 2.00. The van der Waals surface area contributed by atoms with Gasteiger partial charge in [0.15, 0.2) is 0 Å². The smallest absolute Gasteiger partial charge is 0.237 e. The van der Waals surface area contributed by atoms with E-state index in [1.165, 1.54) is 0 Å². The summed E-state index contributed by atoms with van der Waals surface area (Å²) in [4.78, 5) is 21.9. The highest BCUT2D eigenvalue weighted by molar-refractivity contribution is 7.99. The third kappa shape index (κ3) is 6.35. The van der Waals surface area contributed by atoms with Gasteiger partial charge in [0.25, 0.3) is 0 Å². The normalized spacial score (nSPS) is 13.3. The van der Waals surface area contributed by atoms with E-state index >= 15 is 0 Å². The van der Waals surface area contributed by atoms with Crippen molar-refractivity contribution in [2.75, 3.05) is 12.8 Å². The Kier molecular flexibility index (Phi) is 5.67. The number of carbonyl (C=O) groups is 2. The summed E-state index contributed by atoms with van der Waals surface area (Å²) in [6.07, 6.45) is 1.85. The summed E-state index contributed by atoms with van der Waals surface area (Å²) >= 11 is 1.65. The molecule has 0 bridgehead atoms. The van der Waals surface area contributed by atoms with Gasteiger partial charge in [-0.2, -0.15) is 11.8 Å². The van der Waals surface area contributed by atoms with Crippen molar-refractivity contribution in [3.8, 4) is 0 Å². The van der Waals surface area contributed by atoms with Gasteiger partial charge < -0.3 is 16.8 Å². The van der Waals surface area contributed by atoms with E-state index in [1.54, 1.807) is 11.8 Å². The Bertz CT molecular complexity index is 244. The van der Waals surface area contributed by atoms with E-state index < -0.39 is 11.9 Å². The summed E-state index contributed by atoms with van der Waals surface area (Å²) < 4.78 is -0.0396. The van der Waals surface area contributed by atoms with Crippen LogP contribution in [0.25, 0.3) is 0 Å². The summed E-state index contributed by atoms with van der Waals surface area (Å²) in [5, 5.41) is 2.69. The van der Waals surface area contributed by atoms with E-state index in [4.69, 9.17) is 11.5 Å². The maximum atomic E-state index is 11.4. The number of amides is 2. The average molecular weight is 233 g/mol. The van der Waals surface area contributed by atoms with Crippen LogP contribution in [0.3, 0.4) is 0 Å². The molecule has 5 N–H and O–H groups in total. The van der Waals surface area contributed by atoms with Crippen molar-refractivity contribution in [3.05, 3.63) is 0 Å². The molecular formula is C9H19N3O2S. The van der Waals surface area contributed by atoms with Gasteiger partial charge in [0.1, 0.15) is 0 Å². The molecule has 0 aliphatic carbocycles. The van der Waals surface area contributed by atoms with Crippen molar-refractivity contribution in [3.63, 3.8) is 0 Å². The Morgan fingerprint density at radius 1 is 1.47 bits per heavy atom. The Balaban J connectivity index is 3.98. The second-order valence-corrected chi connectivity index (χ2v) is 5.47. The van der Waals surface area contributed by atoms with E-state index in [9.17, 15) is 9.59 Å². The first-order valence-corrected chi connectivity index (χ1v) is 5.87. The lowest BCUT2D eigenvalue weighted by atomic mass is 10.1. The van der Waals surface area contributed by atoms with Crippen LogP contribution in [0.2, 0.25) is 0 Å². The second kappa shape index (κ2) is 5.97. The van der Waals surface area contributed by atoms with E-state index in [0.29, 0.717) is 6.54 Å². The van der Waals surface area contributed by atoms with Crippen LogP contribution >= 0.6 is 11.8 Å². The lowest BCUT2D eigenvalue weighted by molar-refractivity contribution is -0.126. The summed E-state index contributed by atoms with van der Waals surface area (Å²) in [5.74, 6) is -0.905. The summed E-state index contributed by atoms with van der Waals surface area (Å²) in [7, 11) is 0. The molecule has 0 heterocycles. The predicted octanol–water partition coefficient (Wildman–Crippen LogP) is -0.553. The molecule has 0 rings (SSSR count). The van der Waals surface area contributed by atoms with Crippen molar-refractivity contribution >= 4 is 23.6 Å². The van der Waals surface area contributed by atoms with E-state index in [-0.39, 0.29) is 17.1 Å². The molecule has 0 radical (unpaired) electrons. The number of thioether (sulfide) groups is 1. The van der Waals surface area contributed by atoms with Gasteiger partial charge in [-0.25, -0.2) is 0 Å². The van der Waals surface area contributed by atoms with Crippen LogP contribution in [0.15, 0.2) is 0 Å². The fraction of sp³-hybridized carbons (Fsp3) is 0.778. The molecule has 1 atom stereocenters. The Labute approximate surface area is 94.3 Å². The molecule has 2 amide bonds. The van der Waals surface area contributed by atoms with Gasteiger partial charge in [-0.3, -0.25) is 9.59 Å². The molecule has 0 aromatic rings.